The molecule has 0 amide bonds. The lowest BCUT2D eigenvalue weighted by Crippen LogP contribution is -2.10. The van der Waals surface area contributed by atoms with Crippen molar-refractivity contribution in [2.45, 2.75) is 13.3 Å². The average Bonchev–Trinajstić information content (AvgIpc) is 2.52. The molecule has 0 aromatic carbocycles. The van der Waals surface area contributed by atoms with Crippen LogP contribution in [-0.2, 0) is 6.42 Å². The molecule has 0 saturated heterocycles. The highest BCUT2D eigenvalue weighted by atomic mass is 35.5. The molecule has 0 atom stereocenters. The molecule has 0 aliphatic heterocycles. The maximum absolute atomic E-state index is 6.04. The van der Waals surface area contributed by atoms with E-state index in [0.29, 0.717) is 5.15 Å². The van der Waals surface area contributed by atoms with Crippen LogP contribution in [0.3, 0.4) is 0 Å². The van der Waals surface area contributed by atoms with Gasteiger partial charge in [0.25, 0.3) is 0 Å². The number of nitrogens with zero attached hydrogens (tertiary/aromatic N) is 2. The van der Waals surface area contributed by atoms with Crippen LogP contribution in [0.2, 0.25) is 5.15 Å². The van der Waals surface area contributed by atoms with Crippen LogP contribution in [0, 0.1) is 6.92 Å². The second-order valence-corrected chi connectivity index (χ2v) is 3.95. The molecule has 1 N–H and O–H groups in total. The first kappa shape index (κ1) is 10.5. The molecular weight excluding hydrogens is 210 g/mol. The zero-order valence-electron chi connectivity index (χ0n) is 8.92. The van der Waals surface area contributed by atoms with Gasteiger partial charge in [0.15, 0.2) is 5.15 Å². The molecule has 2 heterocycles. The van der Waals surface area contributed by atoms with Crippen LogP contribution in [-0.4, -0.2) is 23.0 Å². The molecule has 0 radical (unpaired) electrons. The molecule has 0 saturated carbocycles. The van der Waals surface area contributed by atoms with E-state index < -0.39 is 0 Å². The van der Waals surface area contributed by atoms with E-state index in [1.807, 2.05) is 24.6 Å². The van der Waals surface area contributed by atoms with Crippen LogP contribution in [0.15, 0.2) is 18.3 Å². The maximum atomic E-state index is 6.04. The fourth-order valence-corrected chi connectivity index (χ4v) is 1.93. The first-order valence-electron chi connectivity index (χ1n) is 5.00. The van der Waals surface area contributed by atoms with Crippen LogP contribution < -0.4 is 5.32 Å². The van der Waals surface area contributed by atoms with Gasteiger partial charge in [-0.25, -0.2) is 4.98 Å². The lowest BCUT2D eigenvalue weighted by atomic mass is 10.2. The minimum atomic E-state index is 0.582. The molecule has 0 fully saturated rings. The van der Waals surface area contributed by atoms with Gasteiger partial charge in [-0.05, 0) is 44.6 Å². The van der Waals surface area contributed by atoms with E-state index in [0.717, 1.165) is 24.3 Å². The quantitative estimate of drug-likeness (QED) is 0.863. The summed E-state index contributed by atoms with van der Waals surface area (Å²) < 4.78 is 2.01. The third-order valence-electron chi connectivity index (χ3n) is 2.50. The zero-order valence-corrected chi connectivity index (χ0v) is 9.67. The summed E-state index contributed by atoms with van der Waals surface area (Å²) in [6.07, 6.45) is 3.03. The van der Waals surface area contributed by atoms with Gasteiger partial charge in [0.1, 0.15) is 5.82 Å². The zero-order chi connectivity index (χ0) is 10.8. The Morgan fingerprint density at radius 1 is 1.53 bits per heavy atom. The number of imidazole rings is 1. The minimum Gasteiger partial charge on any atom is -0.319 e. The Balaban J connectivity index is 2.41. The third-order valence-corrected chi connectivity index (χ3v) is 2.78. The van der Waals surface area contributed by atoms with E-state index >= 15 is 0 Å². The van der Waals surface area contributed by atoms with Crippen molar-refractivity contribution >= 4 is 17.1 Å². The van der Waals surface area contributed by atoms with E-state index in [4.69, 9.17) is 11.6 Å². The number of pyridine rings is 1. The molecule has 0 bridgehead atoms. The molecule has 0 aliphatic rings. The molecule has 0 unspecified atom stereocenters. The van der Waals surface area contributed by atoms with Gasteiger partial charge in [0.2, 0.25) is 0 Å². The molecule has 80 valence electrons. The Labute approximate surface area is 94.1 Å². The molecule has 15 heavy (non-hydrogen) atoms. The van der Waals surface area contributed by atoms with Crippen molar-refractivity contribution in [3.05, 3.63) is 34.9 Å². The van der Waals surface area contributed by atoms with E-state index in [1.165, 1.54) is 5.56 Å². The topological polar surface area (TPSA) is 29.3 Å². The molecule has 2 aromatic heterocycles. The number of rotatable bonds is 3. The number of fused-ring (bicyclic) bond motifs is 1. The SMILES string of the molecule is CNCCc1ccn2c(C)nc(Cl)c2c1. The summed E-state index contributed by atoms with van der Waals surface area (Å²) in [6.45, 7) is 2.92. The largest absolute Gasteiger partial charge is 0.319 e. The predicted molar refractivity (Wildman–Crippen MR) is 62.6 cm³/mol. The standard InChI is InChI=1S/C11H14ClN3/c1-8-14-11(12)10-7-9(3-5-13-2)4-6-15(8)10/h4,6-7,13H,3,5H2,1-2H3. The minimum absolute atomic E-state index is 0.582. The summed E-state index contributed by atoms with van der Waals surface area (Å²) in [5.41, 5.74) is 2.27. The van der Waals surface area contributed by atoms with Gasteiger partial charge < -0.3 is 9.72 Å². The summed E-state index contributed by atoms with van der Waals surface area (Å²) in [5.74, 6) is 0.926. The van der Waals surface area contributed by atoms with Crippen LogP contribution in [0.25, 0.3) is 5.52 Å². The highest BCUT2D eigenvalue weighted by molar-refractivity contribution is 6.32. The Morgan fingerprint density at radius 3 is 3.07 bits per heavy atom. The molecule has 0 aliphatic carbocycles. The van der Waals surface area contributed by atoms with Crippen molar-refractivity contribution in [2.24, 2.45) is 0 Å². The van der Waals surface area contributed by atoms with E-state index in [2.05, 4.69) is 22.4 Å². The first-order valence-corrected chi connectivity index (χ1v) is 5.38. The van der Waals surface area contributed by atoms with Gasteiger partial charge in [-0.15, -0.1) is 0 Å². The van der Waals surface area contributed by atoms with Crippen molar-refractivity contribution in [3.63, 3.8) is 0 Å². The Morgan fingerprint density at radius 2 is 2.33 bits per heavy atom. The summed E-state index contributed by atoms with van der Waals surface area (Å²) in [5, 5.41) is 3.71. The van der Waals surface area contributed by atoms with Gasteiger partial charge in [-0.2, -0.15) is 0 Å². The predicted octanol–water partition coefficient (Wildman–Crippen LogP) is 2.06. The number of hydrogen-bond donors (Lipinski definition) is 1. The maximum Gasteiger partial charge on any atom is 0.155 e. The highest BCUT2D eigenvalue weighted by Crippen LogP contribution is 2.19. The van der Waals surface area contributed by atoms with Crippen molar-refractivity contribution < 1.29 is 0 Å². The third kappa shape index (κ3) is 1.98. The van der Waals surface area contributed by atoms with E-state index in [9.17, 15) is 0 Å². The van der Waals surface area contributed by atoms with Crippen molar-refractivity contribution in [1.82, 2.24) is 14.7 Å². The van der Waals surface area contributed by atoms with Gasteiger partial charge in [-0.3, -0.25) is 0 Å². The summed E-state index contributed by atoms with van der Waals surface area (Å²) in [6, 6.07) is 4.20. The van der Waals surface area contributed by atoms with Crippen LogP contribution in [0.4, 0.5) is 0 Å². The van der Waals surface area contributed by atoms with E-state index in [1.54, 1.807) is 0 Å². The van der Waals surface area contributed by atoms with Gasteiger partial charge >= 0.3 is 0 Å². The molecular formula is C11H14ClN3. The number of hydrogen-bond acceptors (Lipinski definition) is 2. The molecule has 4 heteroatoms. The lowest BCUT2D eigenvalue weighted by molar-refractivity contribution is 0.791. The second kappa shape index (κ2) is 4.21. The summed E-state index contributed by atoms with van der Waals surface area (Å²) in [7, 11) is 1.95. The van der Waals surface area contributed by atoms with Gasteiger partial charge in [-0.1, -0.05) is 11.6 Å². The molecule has 2 aromatic rings. The molecule has 3 nitrogen and oxygen atoms in total. The monoisotopic (exact) mass is 223 g/mol. The Hall–Kier alpha value is -1.06. The Bertz CT molecular complexity index is 476. The smallest absolute Gasteiger partial charge is 0.155 e. The highest BCUT2D eigenvalue weighted by Gasteiger charge is 2.05. The molecule has 0 spiro atoms. The molecule has 2 rings (SSSR count). The summed E-state index contributed by atoms with van der Waals surface area (Å²) in [4.78, 5) is 4.22. The fourth-order valence-electron chi connectivity index (χ4n) is 1.66. The first-order chi connectivity index (χ1) is 7.22. The summed E-state index contributed by atoms with van der Waals surface area (Å²) >= 11 is 6.04. The number of likely N-dealkylation sites (N-methyl/N-ethyl adjacent to an activating group) is 1. The van der Waals surface area contributed by atoms with Gasteiger partial charge in [0.05, 0.1) is 5.52 Å². The lowest BCUT2D eigenvalue weighted by Gasteiger charge is -2.02. The fraction of sp³-hybridized carbons (Fsp3) is 0.364. The number of halogens is 1. The average molecular weight is 224 g/mol. The normalized spacial score (nSPS) is 11.1. The van der Waals surface area contributed by atoms with Gasteiger partial charge in [0, 0.05) is 6.20 Å². The van der Waals surface area contributed by atoms with Crippen LogP contribution in [0.5, 0.6) is 0 Å². The number of nitrogens with one attached hydrogen (secondary N) is 1. The van der Waals surface area contributed by atoms with Crippen LogP contribution >= 0.6 is 11.6 Å². The van der Waals surface area contributed by atoms with Crippen molar-refractivity contribution in [1.29, 1.82) is 0 Å². The Kier molecular flexibility index (Phi) is 2.93. The van der Waals surface area contributed by atoms with E-state index in [-0.39, 0.29) is 0 Å². The van der Waals surface area contributed by atoms with Crippen LogP contribution in [0.1, 0.15) is 11.4 Å². The van der Waals surface area contributed by atoms with Crippen molar-refractivity contribution in [3.8, 4) is 0 Å². The number of aryl methyl sites for hydroxylation is 1. The number of aromatic nitrogens is 2. The van der Waals surface area contributed by atoms with Crippen molar-refractivity contribution in [2.75, 3.05) is 13.6 Å². The second-order valence-electron chi connectivity index (χ2n) is 3.59.